The average Bonchev–Trinajstić information content (AvgIpc) is 4.09. The summed E-state index contributed by atoms with van der Waals surface area (Å²) in [6.45, 7) is 17.3. The summed E-state index contributed by atoms with van der Waals surface area (Å²) in [5, 5.41) is 31.9. The molecular formula is C53H66BCl3F6N12O6. The van der Waals surface area contributed by atoms with Crippen LogP contribution >= 0.6 is 34.8 Å². The van der Waals surface area contributed by atoms with Gasteiger partial charge in [0.2, 0.25) is 17.5 Å². The molecule has 2 N–H and O–H groups in total. The molecule has 0 fully saturated rings. The zero-order valence-corrected chi connectivity index (χ0v) is 45.0. The van der Waals surface area contributed by atoms with E-state index in [1.54, 1.807) is 18.2 Å². The summed E-state index contributed by atoms with van der Waals surface area (Å²) in [5.74, 6) is 0.324. The van der Waals surface area contributed by atoms with Crippen molar-refractivity contribution in [3.05, 3.63) is 131 Å². The van der Waals surface area contributed by atoms with Crippen LogP contribution in [0.15, 0.2) is 91.8 Å². The molecule has 9 aromatic rings. The first-order valence-corrected chi connectivity index (χ1v) is 24.2. The van der Waals surface area contributed by atoms with Crippen molar-refractivity contribution in [2.45, 2.75) is 127 Å². The molecule has 0 aliphatic heterocycles. The van der Waals surface area contributed by atoms with Crippen molar-refractivity contribution in [3.63, 3.8) is 0 Å². The highest BCUT2D eigenvalue weighted by Crippen LogP contribution is 2.34. The van der Waals surface area contributed by atoms with Gasteiger partial charge in [0.05, 0.1) is 48.3 Å². The molecule has 0 saturated carbocycles. The molecule has 0 saturated heterocycles. The largest absolute Gasteiger partial charge is 0.491 e. The van der Waals surface area contributed by atoms with Crippen molar-refractivity contribution >= 4 is 64.3 Å². The fourth-order valence-electron chi connectivity index (χ4n) is 7.16. The maximum Gasteiger partial charge on any atom is 0.488 e. The first-order chi connectivity index (χ1) is 36.1. The van der Waals surface area contributed by atoms with E-state index in [1.165, 1.54) is 41.6 Å². The average molecular weight is 1200 g/mol. The van der Waals surface area contributed by atoms with E-state index >= 15 is 0 Å². The molecule has 0 aliphatic rings. The summed E-state index contributed by atoms with van der Waals surface area (Å²) in [7, 11) is -0.496. The van der Waals surface area contributed by atoms with Crippen LogP contribution in [0.4, 0.5) is 26.3 Å². The van der Waals surface area contributed by atoms with E-state index in [9.17, 15) is 26.3 Å². The van der Waals surface area contributed by atoms with Crippen molar-refractivity contribution in [2.24, 2.45) is 0 Å². The second kappa shape index (κ2) is 29.2. The molecule has 28 heteroatoms. The standard InChI is InChI=1S/C17H18F2N4O2.C16H15ClF2N4O.C10H15BO3.C6H2Cl2F2N4.4CH4/c1-10(2)25-12-5-6-13(11(3)7-12)14-9-23-15(8-20-14)21-22-16(23)17(18,19)24-4;1-9(2)24-11-4-5-12(10(3)6-11)13-8-23-14(7-20-13)21-22-15(23)16(17,18)19;1-7(2)14-9-4-5-10(11(12)13)8(3)6-9;7-3-2-14-4(1-11-3)12-13-5(14)6(8,9)10;;;;/h5-10H,1-4H3;4-9H,1-3H3;4-7,12-13H,1-3H3;1-2H;4*1H4. The quantitative estimate of drug-likeness (QED) is 0.0625. The molecule has 0 radical (unpaired) electrons. The van der Waals surface area contributed by atoms with Crippen LogP contribution in [0.3, 0.4) is 0 Å². The van der Waals surface area contributed by atoms with E-state index in [0.717, 1.165) is 61.0 Å². The van der Waals surface area contributed by atoms with Gasteiger partial charge >= 0.3 is 24.0 Å². The SMILES string of the molecule is C.C.C.C.COC(F)(F)c1nnc2cnc(-c3ccc(OC(C)C)cc3C)cn12.Cc1cc(OC(C)C)ccc1-c1cn2c(C(F)(F)Cl)nnc2cn1.Cc1cc(OC(C)C)ccc1B(O)O.FC(F)(Cl)c1nnc2cnc(Cl)cn12. The van der Waals surface area contributed by atoms with Gasteiger partial charge in [-0.1, -0.05) is 47.4 Å². The molecule has 6 aromatic heterocycles. The van der Waals surface area contributed by atoms with Gasteiger partial charge in [-0.25, -0.2) is 4.98 Å². The highest BCUT2D eigenvalue weighted by Gasteiger charge is 2.38. The van der Waals surface area contributed by atoms with Gasteiger partial charge in [-0.05, 0) is 156 Å². The highest BCUT2D eigenvalue weighted by molar-refractivity contribution is 6.59. The molecular weight excluding hydrogens is 1130 g/mol. The van der Waals surface area contributed by atoms with Gasteiger partial charge in [-0.3, -0.25) is 23.2 Å². The molecule has 81 heavy (non-hydrogen) atoms. The van der Waals surface area contributed by atoms with E-state index < -0.39 is 41.5 Å². The number of rotatable bonds is 13. The third kappa shape index (κ3) is 18.0. The molecule has 6 heterocycles. The van der Waals surface area contributed by atoms with E-state index in [0.29, 0.717) is 16.9 Å². The van der Waals surface area contributed by atoms with E-state index in [-0.39, 0.29) is 70.1 Å². The number of hydrogen-bond acceptors (Lipinski definition) is 15. The van der Waals surface area contributed by atoms with Crippen LogP contribution in [0.25, 0.3) is 39.5 Å². The molecule has 0 spiro atoms. The summed E-state index contributed by atoms with van der Waals surface area (Å²) in [4.78, 5) is 12.2. The van der Waals surface area contributed by atoms with E-state index in [2.05, 4.69) is 50.3 Å². The summed E-state index contributed by atoms with van der Waals surface area (Å²) in [6.07, 6.45) is 4.81. The number of ether oxygens (including phenoxy) is 4. The Hall–Kier alpha value is -6.90. The van der Waals surface area contributed by atoms with Crippen LogP contribution in [0.5, 0.6) is 17.2 Å². The molecule has 9 rings (SSSR count). The first-order valence-electron chi connectivity index (χ1n) is 23.1. The molecule has 440 valence electrons. The zero-order valence-electron chi connectivity index (χ0n) is 42.8. The smallest absolute Gasteiger partial charge is 0.488 e. The Morgan fingerprint density at radius 1 is 0.506 bits per heavy atom. The van der Waals surface area contributed by atoms with Crippen LogP contribution in [-0.2, 0) is 21.6 Å². The summed E-state index contributed by atoms with van der Waals surface area (Å²) >= 11 is 15.4. The number of halogens is 9. The van der Waals surface area contributed by atoms with Crippen LogP contribution in [0.1, 0.15) is 105 Å². The minimum Gasteiger partial charge on any atom is -0.491 e. The first kappa shape index (κ1) is 70.2. The Bertz CT molecular complexity index is 3470. The molecule has 0 aliphatic carbocycles. The van der Waals surface area contributed by atoms with Gasteiger partial charge in [0.15, 0.2) is 16.9 Å². The van der Waals surface area contributed by atoms with Crippen LogP contribution in [0.2, 0.25) is 5.15 Å². The second-order valence-electron chi connectivity index (χ2n) is 17.6. The minimum atomic E-state index is -3.61. The van der Waals surface area contributed by atoms with Crippen molar-refractivity contribution in [1.82, 2.24) is 58.7 Å². The lowest BCUT2D eigenvalue weighted by molar-refractivity contribution is -0.237. The maximum atomic E-state index is 13.9. The highest BCUT2D eigenvalue weighted by atomic mass is 35.5. The van der Waals surface area contributed by atoms with Gasteiger partial charge in [0, 0.05) is 36.8 Å². The monoisotopic (exact) mass is 1200 g/mol. The van der Waals surface area contributed by atoms with Crippen LogP contribution in [0, 0.1) is 20.8 Å². The van der Waals surface area contributed by atoms with Crippen molar-refractivity contribution < 1.29 is 55.3 Å². The lowest BCUT2D eigenvalue weighted by Crippen LogP contribution is -2.31. The number of aryl methyl sites for hydroxylation is 3. The van der Waals surface area contributed by atoms with Crippen molar-refractivity contribution in [3.8, 4) is 39.8 Å². The number of aromatic nitrogens is 12. The predicted octanol–water partition coefficient (Wildman–Crippen LogP) is 12.8. The van der Waals surface area contributed by atoms with Gasteiger partial charge in [0.25, 0.3) is 0 Å². The number of fused-ring (bicyclic) bond motifs is 3. The van der Waals surface area contributed by atoms with E-state index in [1.807, 2.05) is 98.7 Å². The molecule has 0 amide bonds. The Labute approximate surface area is 481 Å². The number of hydrogen-bond donors (Lipinski definition) is 2. The Kier molecular flexibility index (Phi) is 25.3. The Morgan fingerprint density at radius 2 is 0.852 bits per heavy atom. The van der Waals surface area contributed by atoms with Gasteiger partial charge in [-0.15, -0.1) is 30.6 Å². The summed E-state index contributed by atoms with van der Waals surface area (Å²) in [5.41, 5.74) is 6.37. The third-order valence-corrected chi connectivity index (χ3v) is 11.0. The van der Waals surface area contributed by atoms with Crippen molar-refractivity contribution in [2.75, 3.05) is 7.11 Å². The van der Waals surface area contributed by atoms with Crippen LogP contribution in [-0.4, -0.2) is 101 Å². The fraction of sp³-hybridized carbons (Fsp3) is 0.377. The number of benzene rings is 3. The third-order valence-electron chi connectivity index (χ3n) is 10.5. The fourth-order valence-corrected chi connectivity index (χ4v) is 7.56. The van der Waals surface area contributed by atoms with Gasteiger partial charge < -0.3 is 29.0 Å². The number of nitrogens with zero attached hydrogens (tertiary/aromatic N) is 12. The zero-order chi connectivity index (χ0) is 56.7. The lowest BCUT2D eigenvalue weighted by atomic mass is 9.77. The van der Waals surface area contributed by atoms with Gasteiger partial charge in [0.1, 0.15) is 22.4 Å². The molecule has 0 atom stereocenters. The molecule has 18 nitrogen and oxygen atoms in total. The Balaban J connectivity index is 0.000000375. The maximum absolute atomic E-state index is 13.9. The van der Waals surface area contributed by atoms with E-state index in [4.69, 9.17) is 59.1 Å². The van der Waals surface area contributed by atoms with Crippen LogP contribution < -0.4 is 19.7 Å². The van der Waals surface area contributed by atoms with Crippen molar-refractivity contribution in [1.29, 1.82) is 0 Å². The number of methoxy groups -OCH3 is 1. The molecule has 0 unspecified atom stereocenters. The second-order valence-corrected chi connectivity index (χ2v) is 18.9. The summed E-state index contributed by atoms with van der Waals surface area (Å²) in [6, 6.07) is 16.3. The molecule has 0 bridgehead atoms. The Morgan fingerprint density at radius 3 is 1.20 bits per heavy atom. The molecule has 3 aromatic carbocycles. The minimum absolute atomic E-state index is 0. The predicted molar refractivity (Wildman–Crippen MR) is 303 cm³/mol. The number of alkyl halides is 8. The normalized spacial score (nSPS) is 11.3. The van der Waals surface area contributed by atoms with Gasteiger partial charge in [-0.2, -0.15) is 26.3 Å². The topological polar surface area (TPSA) is 207 Å². The lowest BCUT2D eigenvalue weighted by Gasteiger charge is -2.13. The summed E-state index contributed by atoms with van der Waals surface area (Å²) < 4.78 is 104.